The summed E-state index contributed by atoms with van der Waals surface area (Å²) in [5, 5.41) is 0. The summed E-state index contributed by atoms with van der Waals surface area (Å²) in [6.07, 6.45) is 9.21. The van der Waals surface area contributed by atoms with Crippen LogP contribution in [0.1, 0.15) is 59.3 Å². The van der Waals surface area contributed by atoms with Crippen LogP contribution in [-0.4, -0.2) is 6.71 Å². The zero-order chi connectivity index (χ0) is 10.1. The van der Waals surface area contributed by atoms with Crippen LogP contribution in [-0.2, 0) is 0 Å². The third-order valence-corrected chi connectivity index (χ3v) is 5.05. The summed E-state index contributed by atoms with van der Waals surface area (Å²) in [5.74, 6) is 4.05. The molecule has 0 nitrogen and oxygen atoms in total. The Hall–Kier alpha value is 1.70. The van der Waals surface area contributed by atoms with Gasteiger partial charge in [0.2, 0.25) is 0 Å². The van der Waals surface area contributed by atoms with Gasteiger partial charge >= 0.3 is 51.4 Å². The fraction of sp³-hybridized carbons (Fsp3) is 1.00. The van der Waals surface area contributed by atoms with Gasteiger partial charge in [0.1, 0.15) is 0 Å². The molecule has 0 N–H and O–H groups in total. The van der Waals surface area contributed by atoms with E-state index in [9.17, 15) is 0 Å². The minimum Gasteiger partial charge on any atom is -0.197 e. The molecular formula is C13H25BK. The molecule has 2 rings (SSSR count). The smallest absolute Gasteiger partial charge is 0.197 e. The maximum Gasteiger partial charge on any atom is 1.00 e. The van der Waals surface area contributed by atoms with E-state index in [4.69, 9.17) is 0 Å². The van der Waals surface area contributed by atoms with E-state index in [1.807, 2.05) is 0 Å². The molecule has 1 atom stereocenters. The molecule has 2 fully saturated rings. The van der Waals surface area contributed by atoms with Crippen molar-refractivity contribution >= 4 is 6.71 Å². The molecule has 0 aromatic heterocycles. The van der Waals surface area contributed by atoms with E-state index >= 15 is 0 Å². The number of rotatable bonds is 2. The molecule has 0 aliphatic carbocycles. The average molecular weight is 231 g/mol. The summed E-state index contributed by atoms with van der Waals surface area (Å²) in [7, 11) is 0. The van der Waals surface area contributed by atoms with Gasteiger partial charge in [-0.2, -0.15) is 17.5 Å². The Morgan fingerprint density at radius 2 is 1.27 bits per heavy atom. The standard InChI is InChI=1S/C13H25B.K/c1-10(2)11(3)14-12-6-4-7-13(14)9-5-8-12;/h10-13H,4-9H2,1-3H3;/q-1;+1. The zero-order valence-corrected chi connectivity index (χ0v) is 14.3. The quantitative estimate of drug-likeness (QED) is 0.634. The molecule has 0 amide bonds. The van der Waals surface area contributed by atoms with Crippen molar-refractivity contribution in [3.8, 4) is 0 Å². The first-order valence-corrected chi connectivity index (χ1v) is 6.70. The number of fused-ring (bicyclic) bond motifs is 2. The van der Waals surface area contributed by atoms with Gasteiger partial charge < -0.3 is 0 Å². The van der Waals surface area contributed by atoms with E-state index in [0.717, 1.165) is 30.1 Å². The maximum absolute atomic E-state index is 2.51. The van der Waals surface area contributed by atoms with Gasteiger partial charge in [-0.05, 0) is 0 Å². The van der Waals surface area contributed by atoms with E-state index < -0.39 is 0 Å². The van der Waals surface area contributed by atoms with Crippen molar-refractivity contribution in [3.05, 3.63) is 0 Å². The predicted octanol–water partition coefficient (Wildman–Crippen LogP) is 1.64. The third kappa shape index (κ3) is 3.34. The summed E-state index contributed by atoms with van der Waals surface area (Å²) in [5.41, 5.74) is 0. The van der Waals surface area contributed by atoms with Crippen molar-refractivity contribution < 1.29 is 51.4 Å². The summed E-state index contributed by atoms with van der Waals surface area (Å²) >= 11 is 0. The van der Waals surface area contributed by atoms with Crippen molar-refractivity contribution in [1.82, 2.24) is 0 Å². The summed E-state index contributed by atoms with van der Waals surface area (Å²) in [6, 6.07) is 0. The average Bonchev–Trinajstić information content (AvgIpc) is 2.15. The molecule has 0 aromatic carbocycles. The molecule has 2 heterocycles. The van der Waals surface area contributed by atoms with Crippen LogP contribution >= 0.6 is 0 Å². The topological polar surface area (TPSA) is 0 Å². The number of hydrogen-bond donors (Lipinski definition) is 0. The molecule has 2 heteroatoms. The van der Waals surface area contributed by atoms with Crippen LogP contribution in [0, 0.1) is 5.92 Å². The van der Waals surface area contributed by atoms with Gasteiger partial charge in [-0.1, -0.05) is 65.2 Å². The minimum atomic E-state index is 0. The minimum absolute atomic E-state index is 0. The molecule has 15 heavy (non-hydrogen) atoms. The van der Waals surface area contributed by atoms with Crippen LogP contribution in [0.2, 0.25) is 17.5 Å². The van der Waals surface area contributed by atoms with Gasteiger partial charge in [0.05, 0.1) is 0 Å². The van der Waals surface area contributed by atoms with Crippen LogP contribution in [0.4, 0.5) is 0 Å². The molecule has 0 aromatic rings. The van der Waals surface area contributed by atoms with Crippen molar-refractivity contribution in [2.45, 2.75) is 76.7 Å². The van der Waals surface area contributed by atoms with E-state index in [1.165, 1.54) is 38.5 Å². The Morgan fingerprint density at radius 3 is 1.60 bits per heavy atom. The van der Waals surface area contributed by atoms with Crippen molar-refractivity contribution in [2.24, 2.45) is 5.92 Å². The van der Waals surface area contributed by atoms with Crippen LogP contribution in [0.5, 0.6) is 0 Å². The second kappa shape index (κ2) is 6.58. The van der Waals surface area contributed by atoms with E-state index in [1.54, 1.807) is 0 Å². The number of hydrogen-bond acceptors (Lipinski definition) is 0. The Balaban J connectivity index is 0.00000112. The normalized spacial score (nSPS) is 33.6. The Labute approximate surface area is 139 Å². The first-order valence-electron chi connectivity index (χ1n) is 6.70. The summed E-state index contributed by atoms with van der Waals surface area (Å²) in [4.78, 5) is 0. The molecule has 2 bridgehead atoms. The largest absolute Gasteiger partial charge is 1.00 e. The summed E-state index contributed by atoms with van der Waals surface area (Å²) in [6.45, 7) is 8.41. The van der Waals surface area contributed by atoms with Gasteiger partial charge in [0.15, 0.2) is 0 Å². The first kappa shape index (κ1) is 14.8. The second-order valence-corrected chi connectivity index (χ2v) is 6.06. The zero-order valence-electron chi connectivity index (χ0n) is 11.1. The molecule has 0 saturated carbocycles. The monoisotopic (exact) mass is 231 g/mol. The fourth-order valence-electron chi connectivity index (χ4n) is 4.03. The Bertz CT molecular complexity index is 168. The van der Waals surface area contributed by atoms with Crippen molar-refractivity contribution in [1.29, 1.82) is 0 Å². The molecular weight excluding hydrogens is 206 g/mol. The molecule has 0 spiro atoms. The molecule has 81 valence electrons. The first-order chi connectivity index (χ1) is 6.70. The molecule has 2 aliphatic rings. The van der Waals surface area contributed by atoms with Gasteiger partial charge in [0.25, 0.3) is 0 Å². The van der Waals surface area contributed by atoms with Crippen molar-refractivity contribution in [2.75, 3.05) is 0 Å². The summed E-state index contributed by atoms with van der Waals surface area (Å²) < 4.78 is 0. The molecule has 2 saturated heterocycles. The van der Waals surface area contributed by atoms with Crippen LogP contribution < -0.4 is 51.4 Å². The van der Waals surface area contributed by atoms with Gasteiger partial charge in [-0.3, -0.25) is 0 Å². The van der Waals surface area contributed by atoms with E-state index in [-0.39, 0.29) is 51.4 Å². The van der Waals surface area contributed by atoms with E-state index in [0.29, 0.717) is 0 Å². The van der Waals surface area contributed by atoms with Crippen LogP contribution in [0.3, 0.4) is 0 Å². The maximum atomic E-state index is 2.51. The van der Waals surface area contributed by atoms with Crippen molar-refractivity contribution in [3.63, 3.8) is 0 Å². The SMILES string of the molecule is CC(C)C(C)[B-]1C2CCCC1CCC2.[K+]. The van der Waals surface area contributed by atoms with Gasteiger partial charge in [-0.25, -0.2) is 0 Å². The predicted molar refractivity (Wildman–Crippen MR) is 65.2 cm³/mol. The van der Waals surface area contributed by atoms with Gasteiger partial charge in [0, 0.05) is 0 Å². The second-order valence-electron chi connectivity index (χ2n) is 6.06. The van der Waals surface area contributed by atoms with Crippen LogP contribution in [0.25, 0.3) is 0 Å². The van der Waals surface area contributed by atoms with Gasteiger partial charge in [-0.15, -0.1) is 6.71 Å². The fourth-order valence-corrected chi connectivity index (χ4v) is 4.03. The Kier molecular flexibility index (Phi) is 6.48. The Morgan fingerprint density at radius 1 is 0.867 bits per heavy atom. The molecule has 1 radical (unpaired) electrons. The van der Waals surface area contributed by atoms with Crippen LogP contribution in [0.15, 0.2) is 0 Å². The molecule has 2 aliphatic heterocycles. The van der Waals surface area contributed by atoms with E-state index in [2.05, 4.69) is 20.8 Å². The molecule has 1 unspecified atom stereocenters. The third-order valence-electron chi connectivity index (χ3n) is 5.05.